The first kappa shape index (κ1) is 13.8. The van der Waals surface area contributed by atoms with Gasteiger partial charge in [0.25, 0.3) is 0 Å². The van der Waals surface area contributed by atoms with Crippen molar-refractivity contribution in [2.75, 3.05) is 18.0 Å². The number of primary sulfonamides is 1. The molecule has 1 fully saturated rings. The molecule has 1 aromatic carbocycles. The molecule has 19 heavy (non-hydrogen) atoms. The molecular formula is C12H16N2O4S. The Labute approximate surface area is 111 Å². The number of para-hydroxylation sites is 1. The first-order chi connectivity index (χ1) is 8.88. The van der Waals surface area contributed by atoms with Crippen LogP contribution in [0.2, 0.25) is 0 Å². The Kier molecular flexibility index (Phi) is 3.77. The number of carbonyl (C=O) groups is 1. The summed E-state index contributed by atoms with van der Waals surface area (Å²) in [6, 6.07) is 6.22. The summed E-state index contributed by atoms with van der Waals surface area (Å²) in [5.41, 5.74) is 0.360. The Bertz CT molecular complexity index is 581. The molecule has 2 rings (SSSR count). The van der Waals surface area contributed by atoms with Gasteiger partial charge in [0.05, 0.1) is 5.69 Å². The summed E-state index contributed by atoms with van der Waals surface area (Å²) in [7, 11) is -3.86. The largest absolute Gasteiger partial charge is 0.480 e. The predicted molar refractivity (Wildman–Crippen MR) is 70.4 cm³/mol. The van der Waals surface area contributed by atoms with Gasteiger partial charge in [-0.05, 0) is 30.9 Å². The van der Waals surface area contributed by atoms with Gasteiger partial charge < -0.3 is 10.0 Å². The number of sulfonamides is 1. The average molecular weight is 284 g/mol. The van der Waals surface area contributed by atoms with Gasteiger partial charge >= 0.3 is 5.97 Å². The second kappa shape index (κ2) is 5.18. The molecule has 1 aromatic rings. The van der Waals surface area contributed by atoms with E-state index in [9.17, 15) is 13.2 Å². The summed E-state index contributed by atoms with van der Waals surface area (Å²) in [5.74, 6) is -0.558. The molecule has 0 heterocycles. The highest BCUT2D eigenvalue weighted by Crippen LogP contribution is 2.33. The molecule has 0 unspecified atom stereocenters. The van der Waals surface area contributed by atoms with Crippen molar-refractivity contribution in [3.63, 3.8) is 0 Å². The van der Waals surface area contributed by atoms with E-state index in [1.807, 2.05) is 0 Å². The van der Waals surface area contributed by atoms with Crippen LogP contribution in [0, 0.1) is 5.92 Å². The number of hydrogen-bond acceptors (Lipinski definition) is 4. The molecule has 6 nitrogen and oxygen atoms in total. The van der Waals surface area contributed by atoms with E-state index < -0.39 is 16.0 Å². The first-order valence-electron chi connectivity index (χ1n) is 5.96. The lowest BCUT2D eigenvalue weighted by molar-refractivity contribution is -0.135. The minimum atomic E-state index is -3.86. The van der Waals surface area contributed by atoms with E-state index in [1.165, 1.54) is 6.07 Å². The summed E-state index contributed by atoms with van der Waals surface area (Å²) >= 11 is 0. The van der Waals surface area contributed by atoms with Gasteiger partial charge in [0.2, 0.25) is 10.0 Å². The van der Waals surface area contributed by atoms with Crippen LogP contribution in [0.1, 0.15) is 12.8 Å². The van der Waals surface area contributed by atoms with E-state index in [1.54, 1.807) is 23.1 Å². The Morgan fingerprint density at radius 2 is 2.00 bits per heavy atom. The van der Waals surface area contributed by atoms with Gasteiger partial charge in [0.15, 0.2) is 0 Å². The maximum absolute atomic E-state index is 11.5. The highest BCUT2D eigenvalue weighted by Gasteiger charge is 2.27. The number of nitrogens with zero attached hydrogens (tertiary/aromatic N) is 1. The fourth-order valence-corrected chi connectivity index (χ4v) is 2.74. The molecule has 7 heteroatoms. The highest BCUT2D eigenvalue weighted by atomic mass is 32.2. The lowest BCUT2D eigenvalue weighted by Gasteiger charge is -2.24. The smallest absolute Gasteiger partial charge is 0.323 e. The van der Waals surface area contributed by atoms with Gasteiger partial charge in [-0.15, -0.1) is 0 Å². The van der Waals surface area contributed by atoms with Crippen LogP contribution in [-0.2, 0) is 14.8 Å². The van der Waals surface area contributed by atoms with Crippen LogP contribution in [0.15, 0.2) is 29.2 Å². The van der Waals surface area contributed by atoms with Crippen LogP contribution < -0.4 is 10.0 Å². The third kappa shape index (κ3) is 3.68. The molecule has 1 aliphatic carbocycles. The quantitative estimate of drug-likeness (QED) is 0.798. The molecule has 1 aliphatic rings. The number of nitrogens with two attached hydrogens (primary N) is 1. The average Bonchev–Trinajstić information content (AvgIpc) is 3.10. The Morgan fingerprint density at radius 1 is 1.37 bits per heavy atom. The maximum Gasteiger partial charge on any atom is 0.323 e. The van der Waals surface area contributed by atoms with Gasteiger partial charge in [-0.3, -0.25) is 4.79 Å². The summed E-state index contributed by atoms with van der Waals surface area (Å²) in [4.78, 5) is 12.5. The molecule has 0 radical (unpaired) electrons. The number of aliphatic carboxylic acids is 1. The molecular weight excluding hydrogens is 268 g/mol. The summed E-state index contributed by atoms with van der Waals surface area (Å²) in [5, 5.41) is 14.1. The van der Waals surface area contributed by atoms with Crippen LogP contribution in [-0.4, -0.2) is 32.6 Å². The van der Waals surface area contributed by atoms with E-state index >= 15 is 0 Å². The Hall–Kier alpha value is -1.60. The van der Waals surface area contributed by atoms with Gasteiger partial charge in [-0.25, -0.2) is 13.6 Å². The van der Waals surface area contributed by atoms with Crippen molar-refractivity contribution in [2.45, 2.75) is 17.7 Å². The minimum Gasteiger partial charge on any atom is -0.480 e. The first-order valence-corrected chi connectivity index (χ1v) is 7.51. The van der Waals surface area contributed by atoms with E-state index in [4.69, 9.17) is 10.2 Å². The third-order valence-corrected chi connectivity index (χ3v) is 3.97. The molecule has 0 atom stereocenters. The second-order valence-corrected chi connectivity index (χ2v) is 6.26. The predicted octanol–water partition coefficient (Wildman–Crippen LogP) is 0.635. The van der Waals surface area contributed by atoms with Crippen LogP contribution >= 0.6 is 0 Å². The van der Waals surface area contributed by atoms with Crippen molar-refractivity contribution in [3.05, 3.63) is 24.3 Å². The van der Waals surface area contributed by atoms with Crippen LogP contribution in [0.5, 0.6) is 0 Å². The molecule has 0 aliphatic heterocycles. The van der Waals surface area contributed by atoms with Crippen molar-refractivity contribution in [2.24, 2.45) is 11.1 Å². The zero-order chi connectivity index (χ0) is 14.0. The number of carboxylic acid groups (broad SMARTS) is 1. The zero-order valence-corrected chi connectivity index (χ0v) is 11.1. The van der Waals surface area contributed by atoms with Crippen LogP contribution in [0.3, 0.4) is 0 Å². The molecule has 104 valence electrons. The molecule has 3 N–H and O–H groups in total. The molecule has 0 bridgehead atoms. The fraction of sp³-hybridized carbons (Fsp3) is 0.417. The molecule has 0 spiro atoms. The van der Waals surface area contributed by atoms with Crippen molar-refractivity contribution in [1.82, 2.24) is 0 Å². The van der Waals surface area contributed by atoms with Crippen LogP contribution in [0.4, 0.5) is 5.69 Å². The third-order valence-electron chi connectivity index (χ3n) is 3.01. The number of benzene rings is 1. The van der Waals surface area contributed by atoms with Crippen molar-refractivity contribution in [3.8, 4) is 0 Å². The van der Waals surface area contributed by atoms with Crippen molar-refractivity contribution in [1.29, 1.82) is 0 Å². The van der Waals surface area contributed by atoms with Crippen LogP contribution in [0.25, 0.3) is 0 Å². The molecule has 0 amide bonds. The highest BCUT2D eigenvalue weighted by molar-refractivity contribution is 7.89. The number of rotatable bonds is 6. The molecule has 0 aromatic heterocycles. The van der Waals surface area contributed by atoms with Crippen molar-refractivity contribution < 1.29 is 18.3 Å². The zero-order valence-electron chi connectivity index (χ0n) is 10.3. The number of anilines is 1. The summed E-state index contributed by atoms with van der Waals surface area (Å²) in [6.07, 6.45) is 2.10. The topological polar surface area (TPSA) is 101 Å². The summed E-state index contributed by atoms with van der Waals surface area (Å²) < 4.78 is 23.1. The Balaban J connectivity index is 2.37. The van der Waals surface area contributed by atoms with Crippen molar-refractivity contribution >= 4 is 21.7 Å². The van der Waals surface area contributed by atoms with Gasteiger partial charge in [0.1, 0.15) is 11.4 Å². The standard InChI is InChI=1S/C12H16N2O4S/c13-19(17,18)11-4-2-1-3-10(11)14(8-12(15)16)7-9-5-6-9/h1-4,9H,5-8H2,(H,15,16)(H2,13,17,18). The maximum atomic E-state index is 11.5. The summed E-state index contributed by atoms with van der Waals surface area (Å²) in [6.45, 7) is 0.307. The van der Waals surface area contributed by atoms with E-state index in [0.717, 1.165) is 12.8 Å². The monoisotopic (exact) mass is 284 g/mol. The number of carboxylic acids is 1. The van der Waals surface area contributed by atoms with Gasteiger partial charge in [-0.1, -0.05) is 12.1 Å². The van der Waals surface area contributed by atoms with E-state index in [-0.39, 0.29) is 11.4 Å². The van der Waals surface area contributed by atoms with E-state index in [2.05, 4.69) is 0 Å². The number of hydrogen-bond donors (Lipinski definition) is 2. The van der Waals surface area contributed by atoms with Gasteiger partial charge in [-0.2, -0.15) is 0 Å². The second-order valence-electron chi connectivity index (χ2n) is 4.73. The Morgan fingerprint density at radius 3 is 2.53 bits per heavy atom. The lowest BCUT2D eigenvalue weighted by Crippen LogP contribution is -2.33. The minimum absolute atomic E-state index is 0.0306. The normalized spacial score (nSPS) is 15.2. The fourth-order valence-electron chi connectivity index (χ4n) is 1.98. The molecule has 1 saturated carbocycles. The van der Waals surface area contributed by atoms with E-state index in [0.29, 0.717) is 18.2 Å². The SMILES string of the molecule is NS(=O)(=O)c1ccccc1N(CC(=O)O)CC1CC1. The van der Waals surface area contributed by atoms with Gasteiger partial charge in [0, 0.05) is 6.54 Å². The molecule has 0 saturated heterocycles. The lowest BCUT2D eigenvalue weighted by atomic mass is 10.2.